The average molecular weight is 499 g/mol. The number of H-pyrrole nitrogens is 1. The monoisotopic (exact) mass is 498 g/mol. The number of anilines is 1. The number of fused-ring (bicyclic) bond motifs is 1. The van der Waals surface area contributed by atoms with Crippen molar-refractivity contribution in [1.82, 2.24) is 35.1 Å². The molecular weight excluding hydrogens is 464 g/mol. The van der Waals surface area contributed by atoms with Gasteiger partial charge in [0.05, 0.1) is 18.1 Å². The second kappa shape index (κ2) is 10.4. The highest BCUT2D eigenvalue weighted by Gasteiger charge is 2.26. The quantitative estimate of drug-likeness (QED) is 0.363. The van der Waals surface area contributed by atoms with E-state index in [1.54, 1.807) is 13.4 Å². The van der Waals surface area contributed by atoms with Crippen molar-refractivity contribution in [2.75, 3.05) is 51.8 Å². The zero-order valence-electron chi connectivity index (χ0n) is 21.6. The van der Waals surface area contributed by atoms with Crippen LogP contribution in [0.2, 0.25) is 0 Å². The lowest BCUT2D eigenvalue weighted by molar-refractivity contribution is 0.233. The molecule has 0 spiro atoms. The molecule has 1 saturated carbocycles. The Labute approximate surface area is 217 Å². The van der Waals surface area contributed by atoms with Crippen LogP contribution in [0.5, 0.6) is 5.75 Å². The molecule has 2 N–H and O–H groups in total. The van der Waals surface area contributed by atoms with Crippen molar-refractivity contribution in [3.63, 3.8) is 0 Å². The number of aromatic nitrogens is 5. The summed E-state index contributed by atoms with van der Waals surface area (Å²) >= 11 is 0. The molecule has 3 aromatic heterocycles. The number of ether oxygens (including phenoxy) is 1. The van der Waals surface area contributed by atoms with Crippen LogP contribution in [-0.4, -0.2) is 76.7 Å². The summed E-state index contributed by atoms with van der Waals surface area (Å²) in [6.07, 6.45) is 6.77. The fraction of sp³-hybridized carbons (Fsp3) is 0.429. The van der Waals surface area contributed by atoms with E-state index >= 15 is 0 Å². The number of methoxy groups -OCH3 is 1. The molecule has 1 aliphatic carbocycles. The third kappa shape index (κ3) is 5.42. The highest BCUT2D eigenvalue weighted by atomic mass is 16.5. The summed E-state index contributed by atoms with van der Waals surface area (Å²) in [4.78, 5) is 26.7. The topological polar surface area (TPSA) is 95.1 Å². The number of hydrogen-bond donors (Lipinski definition) is 2. The molecule has 0 radical (unpaired) electrons. The Morgan fingerprint density at radius 3 is 2.76 bits per heavy atom. The van der Waals surface area contributed by atoms with Gasteiger partial charge in [-0.05, 0) is 48.6 Å². The number of imidazole rings is 1. The Kier molecular flexibility index (Phi) is 6.72. The van der Waals surface area contributed by atoms with Gasteiger partial charge in [-0.15, -0.1) is 0 Å². The van der Waals surface area contributed by atoms with Gasteiger partial charge < -0.3 is 19.9 Å². The predicted molar refractivity (Wildman–Crippen MR) is 145 cm³/mol. The summed E-state index contributed by atoms with van der Waals surface area (Å²) in [6, 6.07) is 10.5. The molecule has 0 bridgehead atoms. The van der Waals surface area contributed by atoms with Gasteiger partial charge in [-0.3, -0.25) is 9.88 Å². The Morgan fingerprint density at radius 2 is 1.95 bits per heavy atom. The van der Waals surface area contributed by atoms with Gasteiger partial charge in [0.2, 0.25) is 0 Å². The molecular formula is C28H34N8O. The fourth-order valence-corrected chi connectivity index (χ4v) is 5.12. The molecule has 6 rings (SSSR count). The van der Waals surface area contributed by atoms with Gasteiger partial charge >= 0.3 is 0 Å². The van der Waals surface area contributed by atoms with E-state index in [0.29, 0.717) is 12.2 Å². The lowest BCUT2D eigenvalue weighted by Crippen LogP contribution is -2.42. The molecule has 1 aliphatic heterocycles. The maximum absolute atomic E-state index is 5.81. The van der Waals surface area contributed by atoms with E-state index in [4.69, 9.17) is 9.72 Å². The standard InChI is InChI=1S/C28H34N8O/c1-35(16-19-3-4-19)28-27(37-2)26(31-18-32-28)21-5-6-23-24(14-21)34-25(33-23)15-22-13-20(7-8-30-22)17-36-11-9-29-10-12-36/h5-8,13-14,18-19,29H,3-4,9-12,15-17H2,1-2H3,(H,33,34). The molecule has 192 valence electrons. The van der Waals surface area contributed by atoms with Crippen LogP contribution >= 0.6 is 0 Å². The molecule has 4 heterocycles. The van der Waals surface area contributed by atoms with E-state index < -0.39 is 0 Å². The molecule has 2 aliphatic rings. The van der Waals surface area contributed by atoms with Crippen molar-refractivity contribution in [3.8, 4) is 17.0 Å². The Bertz CT molecular complexity index is 1380. The number of aromatic amines is 1. The molecule has 4 aromatic rings. The highest BCUT2D eigenvalue weighted by molar-refractivity contribution is 5.83. The third-order valence-corrected chi connectivity index (χ3v) is 7.23. The van der Waals surface area contributed by atoms with Crippen molar-refractivity contribution in [1.29, 1.82) is 0 Å². The Balaban J connectivity index is 1.22. The molecule has 2 fully saturated rings. The molecule has 1 aromatic carbocycles. The first-order valence-electron chi connectivity index (χ1n) is 13.1. The van der Waals surface area contributed by atoms with Gasteiger partial charge in [-0.25, -0.2) is 15.0 Å². The van der Waals surface area contributed by atoms with E-state index in [1.165, 1.54) is 18.4 Å². The molecule has 37 heavy (non-hydrogen) atoms. The maximum atomic E-state index is 5.81. The molecule has 1 saturated heterocycles. The van der Waals surface area contributed by atoms with E-state index in [1.807, 2.05) is 12.3 Å². The van der Waals surface area contributed by atoms with Gasteiger partial charge in [0, 0.05) is 70.2 Å². The van der Waals surface area contributed by atoms with Crippen LogP contribution in [0.3, 0.4) is 0 Å². The minimum atomic E-state index is 0.659. The second-order valence-corrected chi connectivity index (χ2v) is 10.2. The lowest BCUT2D eigenvalue weighted by atomic mass is 10.1. The number of rotatable bonds is 9. The molecule has 0 atom stereocenters. The van der Waals surface area contributed by atoms with Crippen molar-refractivity contribution in [2.45, 2.75) is 25.8 Å². The predicted octanol–water partition coefficient (Wildman–Crippen LogP) is 3.27. The maximum Gasteiger partial charge on any atom is 0.187 e. The van der Waals surface area contributed by atoms with Crippen molar-refractivity contribution < 1.29 is 4.74 Å². The SMILES string of the molecule is COc1c(-c2ccc3nc(Cc4cc(CN5CCNCC5)ccn4)[nH]c3c2)ncnc1N(C)CC1CC1. The fourth-order valence-electron chi connectivity index (χ4n) is 5.12. The minimum Gasteiger partial charge on any atom is -0.491 e. The summed E-state index contributed by atoms with van der Waals surface area (Å²) < 4.78 is 5.81. The average Bonchev–Trinajstić information content (AvgIpc) is 3.65. The van der Waals surface area contributed by atoms with Gasteiger partial charge in [0.15, 0.2) is 11.6 Å². The van der Waals surface area contributed by atoms with Gasteiger partial charge in [-0.1, -0.05) is 6.07 Å². The summed E-state index contributed by atoms with van der Waals surface area (Å²) in [5.41, 5.74) is 5.97. The highest BCUT2D eigenvalue weighted by Crippen LogP contribution is 2.37. The van der Waals surface area contributed by atoms with Crippen LogP contribution in [0.4, 0.5) is 5.82 Å². The van der Waals surface area contributed by atoms with E-state index in [-0.39, 0.29) is 0 Å². The minimum absolute atomic E-state index is 0.659. The number of pyridine rings is 1. The number of hydrogen-bond acceptors (Lipinski definition) is 8. The van der Waals surface area contributed by atoms with E-state index in [0.717, 1.165) is 84.8 Å². The van der Waals surface area contributed by atoms with Crippen LogP contribution in [0.1, 0.15) is 29.9 Å². The summed E-state index contributed by atoms with van der Waals surface area (Å²) in [5.74, 6) is 3.19. The number of piperazine rings is 1. The van der Waals surface area contributed by atoms with Crippen LogP contribution < -0.4 is 15.0 Å². The zero-order chi connectivity index (χ0) is 25.2. The first kappa shape index (κ1) is 23.8. The summed E-state index contributed by atoms with van der Waals surface area (Å²) in [5, 5.41) is 3.41. The number of nitrogens with one attached hydrogen (secondary N) is 2. The number of benzene rings is 1. The second-order valence-electron chi connectivity index (χ2n) is 10.2. The van der Waals surface area contributed by atoms with Crippen LogP contribution in [-0.2, 0) is 13.0 Å². The largest absolute Gasteiger partial charge is 0.491 e. The van der Waals surface area contributed by atoms with E-state index in [2.05, 4.69) is 66.4 Å². The van der Waals surface area contributed by atoms with Crippen LogP contribution in [0.25, 0.3) is 22.3 Å². The molecule has 0 unspecified atom stereocenters. The number of nitrogens with zero attached hydrogens (tertiary/aromatic N) is 6. The van der Waals surface area contributed by atoms with Crippen LogP contribution in [0.15, 0.2) is 42.9 Å². The first-order chi connectivity index (χ1) is 18.2. The molecule has 9 heteroatoms. The van der Waals surface area contributed by atoms with Gasteiger partial charge in [0.1, 0.15) is 17.8 Å². The zero-order valence-corrected chi connectivity index (χ0v) is 21.6. The Morgan fingerprint density at radius 1 is 1.08 bits per heavy atom. The van der Waals surface area contributed by atoms with Gasteiger partial charge in [-0.2, -0.15) is 0 Å². The van der Waals surface area contributed by atoms with Gasteiger partial charge in [0.25, 0.3) is 0 Å². The summed E-state index contributed by atoms with van der Waals surface area (Å²) in [7, 11) is 3.76. The van der Waals surface area contributed by atoms with Crippen molar-refractivity contribution >= 4 is 16.9 Å². The van der Waals surface area contributed by atoms with Crippen LogP contribution in [0, 0.1) is 5.92 Å². The molecule has 0 amide bonds. The first-order valence-corrected chi connectivity index (χ1v) is 13.1. The third-order valence-electron chi connectivity index (χ3n) is 7.23. The molecule has 9 nitrogen and oxygen atoms in total. The lowest BCUT2D eigenvalue weighted by Gasteiger charge is -2.27. The van der Waals surface area contributed by atoms with Crippen molar-refractivity contribution in [2.24, 2.45) is 5.92 Å². The van der Waals surface area contributed by atoms with E-state index in [9.17, 15) is 0 Å². The summed E-state index contributed by atoms with van der Waals surface area (Å²) in [6.45, 7) is 6.22. The smallest absolute Gasteiger partial charge is 0.187 e. The normalized spacial score (nSPS) is 16.3. The Hall–Kier alpha value is -3.56. The van der Waals surface area contributed by atoms with Crippen molar-refractivity contribution in [3.05, 3.63) is 59.9 Å².